The molecule has 1 unspecified atom stereocenters. The Labute approximate surface area is 170 Å². The van der Waals surface area contributed by atoms with Crippen molar-refractivity contribution in [2.75, 3.05) is 4.90 Å². The lowest BCUT2D eigenvalue weighted by atomic mass is 9.91. The van der Waals surface area contributed by atoms with Gasteiger partial charge in [-0.05, 0) is 42.3 Å². The number of carbonyl (C=O) groups excluding carboxylic acids is 1. The van der Waals surface area contributed by atoms with Crippen molar-refractivity contribution in [3.05, 3.63) is 76.9 Å². The van der Waals surface area contributed by atoms with Crippen LogP contribution in [0.3, 0.4) is 0 Å². The van der Waals surface area contributed by atoms with Crippen LogP contribution >= 0.6 is 0 Å². The second-order valence-electron chi connectivity index (χ2n) is 7.58. The van der Waals surface area contributed by atoms with Crippen molar-refractivity contribution in [1.29, 1.82) is 0 Å². The van der Waals surface area contributed by atoms with E-state index in [0.29, 0.717) is 17.1 Å². The number of aromatic nitrogens is 3. The van der Waals surface area contributed by atoms with Gasteiger partial charge in [-0.25, -0.2) is 0 Å². The first-order valence-corrected chi connectivity index (χ1v) is 9.24. The number of amides is 1. The Hall–Kier alpha value is -3.20. The van der Waals surface area contributed by atoms with Gasteiger partial charge in [0, 0.05) is 24.7 Å². The van der Waals surface area contributed by atoms with Gasteiger partial charge in [-0.2, -0.15) is 13.2 Å². The summed E-state index contributed by atoms with van der Waals surface area (Å²) in [5.41, 5.74) is -1.18. The first-order chi connectivity index (χ1) is 14.1. The molecule has 0 bridgehead atoms. The normalized spacial score (nSPS) is 15.9. The van der Waals surface area contributed by atoms with Crippen LogP contribution in [0.15, 0.2) is 48.8 Å². The van der Waals surface area contributed by atoms with Crippen LogP contribution in [0.25, 0.3) is 0 Å². The predicted molar refractivity (Wildman–Crippen MR) is 103 cm³/mol. The van der Waals surface area contributed by atoms with Gasteiger partial charge in [0.2, 0.25) is 0 Å². The van der Waals surface area contributed by atoms with Crippen LogP contribution in [0.1, 0.15) is 39.8 Å². The van der Waals surface area contributed by atoms with Crippen molar-refractivity contribution in [2.45, 2.75) is 31.7 Å². The monoisotopic (exact) mass is 416 g/mol. The highest BCUT2D eigenvalue weighted by Gasteiger charge is 2.40. The van der Waals surface area contributed by atoms with E-state index in [9.17, 15) is 23.1 Å². The summed E-state index contributed by atoms with van der Waals surface area (Å²) in [6.07, 6.45) is -2.83. The molecule has 1 aromatic heterocycles. The number of hydrogen-bond donors (Lipinski definition) is 1. The zero-order valence-electron chi connectivity index (χ0n) is 16.3. The summed E-state index contributed by atoms with van der Waals surface area (Å²) < 4.78 is 41.8. The van der Waals surface area contributed by atoms with Crippen LogP contribution in [0.4, 0.5) is 18.9 Å². The molecule has 0 radical (unpaired) electrons. The zero-order chi connectivity index (χ0) is 21.7. The molecule has 4 rings (SSSR count). The topological polar surface area (TPSA) is 71.2 Å². The number of fused-ring (bicyclic) bond motifs is 1. The largest absolute Gasteiger partial charge is 0.416 e. The van der Waals surface area contributed by atoms with E-state index in [2.05, 4.69) is 10.2 Å². The van der Waals surface area contributed by atoms with Gasteiger partial charge in [0.05, 0.1) is 17.7 Å². The maximum absolute atomic E-state index is 13.4. The highest BCUT2D eigenvalue weighted by atomic mass is 19.4. The molecular weight excluding hydrogens is 397 g/mol. The van der Waals surface area contributed by atoms with E-state index in [1.165, 1.54) is 23.4 Å². The fourth-order valence-corrected chi connectivity index (χ4v) is 3.69. The lowest BCUT2D eigenvalue weighted by Crippen LogP contribution is -2.27. The molecule has 0 fully saturated rings. The minimum atomic E-state index is -4.54. The van der Waals surface area contributed by atoms with E-state index >= 15 is 0 Å². The van der Waals surface area contributed by atoms with Gasteiger partial charge in [-0.3, -0.25) is 4.79 Å². The Morgan fingerprint density at radius 3 is 2.57 bits per heavy atom. The lowest BCUT2D eigenvalue weighted by molar-refractivity contribution is -0.138. The number of nitrogens with zero attached hydrogens (tertiary/aromatic N) is 4. The molecule has 0 saturated carbocycles. The maximum atomic E-state index is 13.4. The van der Waals surface area contributed by atoms with Crippen LogP contribution in [-0.2, 0) is 31.8 Å². The summed E-state index contributed by atoms with van der Waals surface area (Å²) in [5, 5.41) is 18.8. The molecule has 2 aromatic carbocycles. The smallest absolute Gasteiger partial charge is 0.385 e. The molecule has 2 heterocycles. The second kappa shape index (κ2) is 6.94. The standard InChI is InChI=1S/C21H19F3N4O2/c1-20(30,10-18-26-25-12-27(18)2)13-5-3-6-14(9-13)28-11-16-15(19(28)29)7-4-8-17(16)21(22,23)24/h3-9,12,30H,10-11H2,1-2H3. The minimum absolute atomic E-state index is 0.0359. The number of aryl methyl sites for hydroxylation is 1. The fourth-order valence-electron chi connectivity index (χ4n) is 3.69. The second-order valence-corrected chi connectivity index (χ2v) is 7.58. The average Bonchev–Trinajstić information content (AvgIpc) is 3.24. The van der Waals surface area contributed by atoms with E-state index in [4.69, 9.17) is 0 Å². The third kappa shape index (κ3) is 3.45. The van der Waals surface area contributed by atoms with Gasteiger partial charge < -0.3 is 14.6 Å². The van der Waals surface area contributed by atoms with E-state index in [1.807, 2.05) is 0 Å². The highest BCUT2D eigenvalue weighted by Crippen LogP contribution is 2.39. The SMILES string of the molecule is Cn1cnnc1CC(C)(O)c1cccc(N2Cc3c(cccc3C(F)(F)F)C2=O)c1. The van der Waals surface area contributed by atoms with Crippen LogP contribution in [0.5, 0.6) is 0 Å². The van der Waals surface area contributed by atoms with Crippen LogP contribution < -0.4 is 4.90 Å². The van der Waals surface area contributed by atoms with Gasteiger partial charge in [0.15, 0.2) is 0 Å². The number of alkyl halides is 3. The minimum Gasteiger partial charge on any atom is -0.385 e. The number of carbonyl (C=O) groups is 1. The van der Waals surface area contributed by atoms with Crippen molar-refractivity contribution < 1.29 is 23.1 Å². The molecular formula is C21H19F3N4O2. The molecule has 1 atom stereocenters. The summed E-state index contributed by atoms with van der Waals surface area (Å²) in [4.78, 5) is 14.1. The number of halogens is 3. The predicted octanol–water partition coefficient (Wildman–Crippen LogP) is 3.44. The molecule has 0 spiro atoms. The number of hydrogen-bond acceptors (Lipinski definition) is 4. The Balaban J connectivity index is 1.66. The molecule has 156 valence electrons. The van der Waals surface area contributed by atoms with E-state index in [-0.39, 0.29) is 24.1 Å². The van der Waals surface area contributed by atoms with Crippen molar-refractivity contribution in [3.8, 4) is 0 Å². The van der Waals surface area contributed by atoms with Crippen LogP contribution in [-0.4, -0.2) is 25.8 Å². The van der Waals surface area contributed by atoms with E-state index in [1.54, 1.807) is 42.8 Å². The van der Waals surface area contributed by atoms with Crippen LogP contribution in [0.2, 0.25) is 0 Å². The molecule has 1 aliphatic rings. The van der Waals surface area contributed by atoms with Gasteiger partial charge in [-0.1, -0.05) is 18.2 Å². The number of anilines is 1. The molecule has 1 amide bonds. The summed E-state index contributed by atoms with van der Waals surface area (Å²) in [7, 11) is 1.76. The molecule has 6 nitrogen and oxygen atoms in total. The summed E-state index contributed by atoms with van der Waals surface area (Å²) in [5.74, 6) is 0.0751. The molecule has 3 aromatic rings. The number of benzene rings is 2. The lowest BCUT2D eigenvalue weighted by Gasteiger charge is -2.25. The van der Waals surface area contributed by atoms with Crippen LogP contribution in [0, 0.1) is 0 Å². The molecule has 0 saturated heterocycles. The molecule has 1 N–H and O–H groups in total. The van der Waals surface area contributed by atoms with Crippen molar-refractivity contribution >= 4 is 11.6 Å². The van der Waals surface area contributed by atoms with Gasteiger partial charge in [0.1, 0.15) is 12.2 Å². The first kappa shape index (κ1) is 20.1. The Morgan fingerprint density at radius 2 is 1.90 bits per heavy atom. The third-order valence-electron chi connectivity index (χ3n) is 5.36. The van der Waals surface area contributed by atoms with Gasteiger partial charge >= 0.3 is 6.18 Å². The molecule has 1 aliphatic heterocycles. The van der Waals surface area contributed by atoms with Gasteiger partial charge in [-0.15, -0.1) is 10.2 Å². The summed E-state index contributed by atoms with van der Waals surface area (Å²) in [6.45, 7) is 1.43. The molecule has 0 aliphatic carbocycles. The average molecular weight is 416 g/mol. The van der Waals surface area contributed by atoms with Crippen molar-refractivity contribution in [1.82, 2.24) is 14.8 Å². The van der Waals surface area contributed by atoms with E-state index in [0.717, 1.165) is 6.07 Å². The third-order valence-corrected chi connectivity index (χ3v) is 5.36. The number of aliphatic hydroxyl groups is 1. The zero-order valence-corrected chi connectivity index (χ0v) is 16.3. The van der Waals surface area contributed by atoms with E-state index < -0.39 is 23.2 Å². The number of rotatable bonds is 4. The Kier molecular flexibility index (Phi) is 4.65. The van der Waals surface area contributed by atoms with Gasteiger partial charge in [0.25, 0.3) is 5.91 Å². The molecule has 30 heavy (non-hydrogen) atoms. The highest BCUT2D eigenvalue weighted by molar-refractivity contribution is 6.10. The Bertz CT molecular complexity index is 1120. The summed E-state index contributed by atoms with van der Waals surface area (Å²) in [6, 6.07) is 10.3. The first-order valence-electron chi connectivity index (χ1n) is 9.24. The maximum Gasteiger partial charge on any atom is 0.416 e. The quantitative estimate of drug-likeness (QED) is 0.707. The molecule has 9 heteroatoms. The van der Waals surface area contributed by atoms with Crippen molar-refractivity contribution in [2.24, 2.45) is 7.05 Å². The Morgan fingerprint density at radius 1 is 1.17 bits per heavy atom. The fraction of sp³-hybridized carbons (Fsp3) is 0.286. The van der Waals surface area contributed by atoms with Crippen molar-refractivity contribution in [3.63, 3.8) is 0 Å². The summed E-state index contributed by atoms with van der Waals surface area (Å²) >= 11 is 0.